The lowest BCUT2D eigenvalue weighted by atomic mass is 9.89. The van der Waals surface area contributed by atoms with E-state index in [1.165, 1.54) is 16.2 Å². The summed E-state index contributed by atoms with van der Waals surface area (Å²) in [5.74, 6) is 1.51. The summed E-state index contributed by atoms with van der Waals surface area (Å²) in [7, 11) is 0. The van der Waals surface area contributed by atoms with Crippen molar-refractivity contribution < 1.29 is 4.42 Å². The van der Waals surface area contributed by atoms with Crippen molar-refractivity contribution in [3.8, 4) is 22.3 Å². The Morgan fingerprint density at radius 2 is 1.04 bits per heavy atom. The number of fused-ring (bicyclic) bond motifs is 6. The van der Waals surface area contributed by atoms with Crippen LogP contribution in [0.5, 0.6) is 0 Å². The van der Waals surface area contributed by atoms with E-state index in [1.54, 1.807) is 0 Å². The summed E-state index contributed by atoms with van der Waals surface area (Å²) in [6.45, 7) is 0. The van der Waals surface area contributed by atoms with Crippen LogP contribution >= 0.6 is 0 Å². The van der Waals surface area contributed by atoms with Gasteiger partial charge in [0.25, 0.3) is 0 Å². The average molecular weight is 704 g/mol. The molecule has 258 valence electrons. The molecule has 2 heterocycles. The zero-order valence-electron chi connectivity index (χ0n) is 29.8. The van der Waals surface area contributed by atoms with Crippen LogP contribution in [0, 0.1) is 0 Å². The highest BCUT2D eigenvalue weighted by atomic mass is 16.3. The second-order valence-corrected chi connectivity index (χ2v) is 14.1. The van der Waals surface area contributed by atoms with Crippen LogP contribution in [-0.4, -0.2) is 11.7 Å². The first-order valence-corrected chi connectivity index (χ1v) is 18.7. The number of nitrogens with one attached hydrogen (secondary N) is 1. The lowest BCUT2D eigenvalue weighted by Crippen LogP contribution is -2.33. The number of hydrogen-bond donors (Lipinski definition) is 1. The molecule has 11 rings (SSSR count). The van der Waals surface area contributed by atoms with Crippen molar-refractivity contribution in [2.45, 2.75) is 6.17 Å². The fourth-order valence-corrected chi connectivity index (χ4v) is 8.33. The standard InChI is InChI=1S/C51H33N3O/c1-3-15-33(16-4-1)49-52-50(34-17-5-2-6-18-34)54-51(53-49)44-29-26-41(39-23-11-12-24-40(39)44)42-27-28-43(38-25-13-21-32-14-9-10-22-37(32)38)48-47(42)45-30-35-19-7-8-20-36(35)31-46(45)55-48/h1-31,51H,(H,52,53,54). The Morgan fingerprint density at radius 1 is 0.436 bits per heavy atom. The van der Waals surface area contributed by atoms with Crippen molar-refractivity contribution in [1.29, 1.82) is 0 Å². The number of furan rings is 1. The van der Waals surface area contributed by atoms with Crippen LogP contribution < -0.4 is 5.32 Å². The molecule has 0 saturated carbocycles. The van der Waals surface area contributed by atoms with Gasteiger partial charge in [-0.3, -0.25) is 0 Å². The molecule has 0 fully saturated rings. The maximum atomic E-state index is 6.95. The van der Waals surface area contributed by atoms with Gasteiger partial charge in [-0.1, -0.05) is 170 Å². The highest BCUT2D eigenvalue weighted by molar-refractivity contribution is 6.21. The summed E-state index contributed by atoms with van der Waals surface area (Å²) in [5, 5.41) is 12.9. The molecule has 0 saturated heterocycles. The fraction of sp³-hybridized carbons (Fsp3) is 0.0196. The smallest absolute Gasteiger partial charge is 0.159 e. The second-order valence-electron chi connectivity index (χ2n) is 14.1. The fourth-order valence-electron chi connectivity index (χ4n) is 8.33. The van der Waals surface area contributed by atoms with Gasteiger partial charge in [0.05, 0.1) is 0 Å². The molecule has 1 aromatic heterocycles. The molecule has 4 heteroatoms. The van der Waals surface area contributed by atoms with E-state index in [9.17, 15) is 0 Å². The molecule has 4 nitrogen and oxygen atoms in total. The van der Waals surface area contributed by atoms with Crippen LogP contribution in [0.2, 0.25) is 0 Å². The zero-order chi connectivity index (χ0) is 36.3. The van der Waals surface area contributed by atoms with Gasteiger partial charge in [-0.2, -0.15) is 0 Å². The summed E-state index contributed by atoms with van der Waals surface area (Å²) in [4.78, 5) is 10.3. The van der Waals surface area contributed by atoms with E-state index in [1.807, 2.05) is 36.4 Å². The molecule has 55 heavy (non-hydrogen) atoms. The molecule has 1 N–H and O–H groups in total. The van der Waals surface area contributed by atoms with Crippen LogP contribution in [0.3, 0.4) is 0 Å². The predicted molar refractivity (Wildman–Crippen MR) is 229 cm³/mol. The van der Waals surface area contributed by atoms with Crippen LogP contribution in [0.25, 0.3) is 76.5 Å². The predicted octanol–water partition coefficient (Wildman–Crippen LogP) is 12.9. The van der Waals surface area contributed by atoms with Crippen LogP contribution in [0.15, 0.2) is 202 Å². The maximum Gasteiger partial charge on any atom is 0.159 e. The van der Waals surface area contributed by atoms with E-state index in [4.69, 9.17) is 14.4 Å². The van der Waals surface area contributed by atoms with Crippen molar-refractivity contribution >= 4 is 65.9 Å². The molecule has 0 amide bonds. The third-order valence-corrected chi connectivity index (χ3v) is 10.9. The average Bonchev–Trinajstić information content (AvgIpc) is 3.63. The molecule has 1 unspecified atom stereocenters. The van der Waals surface area contributed by atoms with Gasteiger partial charge in [0.1, 0.15) is 23.2 Å². The summed E-state index contributed by atoms with van der Waals surface area (Å²) in [5.41, 5.74) is 9.37. The quantitative estimate of drug-likeness (QED) is 0.194. The van der Waals surface area contributed by atoms with Crippen molar-refractivity contribution in [2.75, 3.05) is 0 Å². The number of amidine groups is 2. The number of rotatable bonds is 5. The summed E-state index contributed by atoms with van der Waals surface area (Å²) in [6, 6.07) is 66.3. The first kappa shape index (κ1) is 31.2. The van der Waals surface area contributed by atoms with Crippen LogP contribution in [0.1, 0.15) is 22.9 Å². The van der Waals surface area contributed by atoms with Crippen molar-refractivity contribution in [2.24, 2.45) is 9.98 Å². The first-order chi connectivity index (χ1) is 27.3. The minimum atomic E-state index is -0.350. The molecule has 9 aromatic carbocycles. The van der Waals surface area contributed by atoms with Gasteiger partial charge in [-0.25, -0.2) is 9.98 Å². The van der Waals surface area contributed by atoms with Crippen LogP contribution in [-0.2, 0) is 0 Å². The number of nitrogens with zero attached hydrogens (tertiary/aromatic N) is 2. The Kier molecular flexibility index (Phi) is 7.20. The summed E-state index contributed by atoms with van der Waals surface area (Å²) in [6.07, 6.45) is -0.350. The van der Waals surface area contributed by atoms with Crippen LogP contribution in [0.4, 0.5) is 0 Å². The third kappa shape index (κ3) is 5.22. The van der Waals surface area contributed by atoms with Crippen molar-refractivity contribution in [1.82, 2.24) is 5.32 Å². The minimum Gasteiger partial charge on any atom is -0.455 e. The number of hydrogen-bond acceptors (Lipinski definition) is 4. The lowest BCUT2D eigenvalue weighted by molar-refractivity contribution is 0.670. The van der Waals surface area contributed by atoms with Crippen molar-refractivity contribution in [3.05, 3.63) is 205 Å². The molecule has 10 aromatic rings. The van der Waals surface area contributed by atoms with E-state index in [2.05, 4.69) is 157 Å². The number of benzene rings is 9. The highest BCUT2D eigenvalue weighted by Gasteiger charge is 2.25. The van der Waals surface area contributed by atoms with E-state index < -0.39 is 0 Å². The van der Waals surface area contributed by atoms with Gasteiger partial charge in [0, 0.05) is 33.0 Å². The van der Waals surface area contributed by atoms with E-state index in [-0.39, 0.29) is 6.17 Å². The molecular weight excluding hydrogens is 671 g/mol. The van der Waals surface area contributed by atoms with E-state index in [0.29, 0.717) is 5.84 Å². The van der Waals surface area contributed by atoms with Gasteiger partial charge in [-0.05, 0) is 67.2 Å². The highest BCUT2D eigenvalue weighted by Crippen LogP contribution is 2.46. The topological polar surface area (TPSA) is 49.9 Å². The van der Waals surface area contributed by atoms with Gasteiger partial charge in [0.2, 0.25) is 0 Å². The summed E-state index contributed by atoms with van der Waals surface area (Å²) < 4.78 is 6.95. The van der Waals surface area contributed by atoms with Crippen molar-refractivity contribution in [3.63, 3.8) is 0 Å². The molecule has 0 bridgehead atoms. The molecule has 1 aliphatic rings. The number of aliphatic imine (C=N–C) groups is 2. The molecule has 0 radical (unpaired) electrons. The van der Waals surface area contributed by atoms with E-state index >= 15 is 0 Å². The Morgan fingerprint density at radius 3 is 1.84 bits per heavy atom. The normalized spacial score (nSPS) is 14.4. The largest absolute Gasteiger partial charge is 0.455 e. The van der Waals surface area contributed by atoms with E-state index in [0.717, 1.165) is 82.9 Å². The first-order valence-electron chi connectivity index (χ1n) is 18.7. The lowest BCUT2D eigenvalue weighted by Gasteiger charge is -2.25. The van der Waals surface area contributed by atoms with Gasteiger partial charge in [0.15, 0.2) is 5.84 Å². The van der Waals surface area contributed by atoms with Gasteiger partial charge in [-0.15, -0.1) is 0 Å². The minimum absolute atomic E-state index is 0.350. The summed E-state index contributed by atoms with van der Waals surface area (Å²) >= 11 is 0. The maximum absolute atomic E-state index is 6.95. The molecular formula is C51H33N3O. The molecule has 0 aliphatic carbocycles. The third-order valence-electron chi connectivity index (χ3n) is 10.9. The molecule has 1 aliphatic heterocycles. The molecule has 1 atom stereocenters. The molecule has 0 spiro atoms. The second kappa shape index (κ2) is 12.7. The Hall–Kier alpha value is -7.30. The van der Waals surface area contributed by atoms with Gasteiger partial charge < -0.3 is 9.73 Å². The monoisotopic (exact) mass is 703 g/mol. The SMILES string of the molecule is c1ccc(C2=NC(c3ccc(-c4ccc(-c5cccc6ccccc56)c5oc6cc7ccccc7cc6c45)c4ccccc34)NC(c3ccccc3)=N2)cc1. The Bertz CT molecular complexity index is 3170. The zero-order valence-corrected chi connectivity index (χ0v) is 29.8. The Labute approximate surface area is 317 Å². The van der Waals surface area contributed by atoms with Gasteiger partial charge >= 0.3 is 0 Å². The Balaban J connectivity index is 1.14.